The molecule has 0 aliphatic carbocycles. The standard InChI is InChI=1S/C14H14O6/c1-4-12(16)18-9-5-6-11-10(7-9)13(17)14(3,20-11)19-8(2)15/h5-7H,4H2,1-3H3. The Kier molecular flexibility index (Phi) is 3.48. The Labute approximate surface area is 115 Å². The van der Waals surface area contributed by atoms with Gasteiger partial charge in [-0.3, -0.25) is 14.4 Å². The zero-order valence-corrected chi connectivity index (χ0v) is 11.4. The van der Waals surface area contributed by atoms with Gasteiger partial charge in [-0.1, -0.05) is 6.92 Å². The molecule has 20 heavy (non-hydrogen) atoms. The van der Waals surface area contributed by atoms with E-state index in [4.69, 9.17) is 14.2 Å². The molecule has 0 N–H and O–H groups in total. The van der Waals surface area contributed by atoms with Crippen LogP contribution in [0.3, 0.4) is 0 Å². The Bertz CT molecular complexity index is 591. The zero-order chi connectivity index (χ0) is 14.9. The molecule has 1 atom stereocenters. The van der Waals surface area contributed by atoms with E-state index in [2.05, 4.69) is 0 Å². The third kappa shape index (κ3) is 2.49. The molecule has 1 aliphatic heterocycles. The predicted octanol–water partition coefficient (Wildman–Crippen LogP) is 1.86. The number of carbonyl (C=O) groups is 3. The maximum Gasteiger partial charge on any atom is 0.315 e. The topological polar surface area (TPSA) is 78.9 Å². The first-order valence-corrected chi connectivity index (χ1v) is 6.14. The van der Waals surface area contributed by atoms with Gasteiger partial charge in [0.1, 0.15) is 11.5 Å². The molecule has 0 bridgehead atoms. The highest BCUT2D eigenvalue weighted by molar-refractivity contribution is 6.07. The number of fused-ring (bicyclic) bond motifs is 1. The van der Waals surface area contributed by atoms with E-state index in [0.29, 0.717) is 0 Å². The van der Waals surface area contributed by atoms with E-state index in [1.165, 1.54) is 32.0 Å². The van der Waals surface area contributed by atoms with E-state index < -0.39 is 23.5 Å². The van der Waals surface area contributed by atoms with Crippen LogP contribution >= 0.6 is 0 Å². The largest absolute Gasteiger partial charge is 0.445 e. The smallest absolute Gasteiger partial charge is 0.315 e. The van der Waals surface area contributed by atoms with Gasteiger partial charge in [0.25, 0.3) is 5.78 Å². The summed E-state index contributed by atoms with van der Waals surface area (Å²) in [6.45, 7) is 4.23. The van der Waals surface area contributed by atoms with E-state index in [1.54, 1.807) is 6.92 Å². The molecule has 1 unspecified atom stereocenters. The van der Waals surface area contributed by atoms with E-state index in [-0.39, 0.29) is 23.5 Å². The van der Waals surface area contributed by atoms with Crippen molar-refractivity contribution in [2.75, 3.05) is 0 Å². The van der Waals surface area contributed by atoms with Gasteiger partial charge in [0.15, 0.2) is 0 Å². The molecule has 1 aromatic carbocycles. The number of ether oxygens (including phenoxy) is 3. The molecular weight excluding hydrogens is 264 g/mol. The van der Waals surface area contributed by atoms with Crippen LogP contribution in [0, 0.1) is 0 Å². The van der Waals surface area contributed by atoms with E-state index in [0.717, 1.165) is 0 Å². The van der Waals surface area contributed by atoms with Gasteiger partial charge in [-0.25, -0.2) is 0 Å². The van der Waals surface area contributed by atoms with Gasteiger partial charge in [-0.15, -0.1) is 0 Å². The third-order valence-corrected chi connectivity index (χ3v) is 2.77. The zero-order valence-electron chi connectivity index (χ0n) is 11.4. The Hall–Kier alpha value is -2.37. The monoisotopic (exact) mass is 278 g/mol. The average Bonchev–Trinajstić information content (AvgIpc) is 2.61. The highest BCUT2D eigenvalue weighted by atomic mass is 16.7. The molecule has 1 aromatic rings. The molecule has 6 nitrogen and oxygen atoms in total. The van der Waals surface area contributed by atoms with Crippen LogP contribution in [-0.4, -0.2) is 23.5 Å². The molecule has 0 aromatic heterocycles. The second kappa shape index (κ2) is 4.96. The lowest BCUT2D eigenvalue weighted by molar-refractivity contribution is -0.172. The van der Waals surface area contributed by atoms with Crippen molar-refractivity contribution in [1.82, 2.24) is 0 Å². The van der Waals surface area contributed by atoms with Gasteiger partial charge in [-0.05, 0) is 18.2 Å². The number of rotatable bonds is 3. The van der Waals surface area contributed by atoms with Gasteiger partial charge in [0.2, 0.25) is 0 Å². The van der Waals surface area contributed by atoms with Crippen LogP contribution in [0.4, 0.5) is 0 Å². The van der Waals surface area contributed by atoms with Gasteiger partial charge in [0, 0.05) is 20.3 Å². The number of hydrogen-bond donors (Lipinski definition) is 0. The van der Waals surface area contributed by atoms with Crippen LogP contribution in [0.25, 0.3) is 0 Å². The molecule has 106 valence electrons. The summed E-state index contributed by atoms with van der Waals surface area (Å²) in [5, 5.41) is 0. The Balaban J connectivity index is 2.28. The van der Waals surface area contributed by atoms with Gasteiger partial charge in [0.05, 0.1) is 5.56 Å². The van der Waals surface area contributed by atoms with Gasteiger partial charge in [-0.2, -0.15) is 0 Å². The van der Waals surface area contributed by atoms with Crippen molar-refractivity contribution in [2.45, 2.75) is 33.0 Å². The van der Waals surface area contributed by atoms with Crippen molar-refractivity contribution in [3.05, 3.63) is 23.8 Å². The average molecular weight is 278 g/mol. The lowest BCUT2D eigenvalue weighted by atomic mass is 10.1. The molecule has 0 saturated carbocycles. The third-order valence-electron chi connectivity index (χ3n) is 2.77. The fourth-order valence-corrected chi connectivity index (χ4v) is 1.88. The van der Waals surface area contributed by atoms with Crippen molar-refractivity contribution in [2.24, 2.45) is 0 Å². The van der Waals surface area contributed by atoms with Crippen LogP contribution in [0.1, 0.15) is 37.6 Å². The summed E-state index contributed by atoms with van der Waals surface area (Å²) in [6.07, 6.45) is 0.229. The summed E-state index contributed by atoms with van der Waals surface area (Å²) >= 11 is 0. The Morgan fingerprint density at radius 2 is 2.05 bits per heavy atom. The SMILES string of the molecule is CCC(=O)Oc1ccc2c(c1)C(=O)C(C)(OC(C)=O)O2. The number of ketones is 1. The lowest BCUT2D eigenvalue weighted by Crippen LogP contribution is -2.41. The summed E-state index contributed by atoms with van der Waals surface area (Å²) in [6, 6.07) is 4.42. The minimum absolute atomic E-state index is 0.218. The molecule has 0 amide bonds. The van der Waals surface area contributed by atoms with Crippen LogP contribution in [-0.2, 0) is 14.3 Å². The minimum atomic E-state index is -1.67. The van der Waals surface area contributed by atoms with Crippen molar-refractivity contribution in [1.29, 1.82) is 0 Å². The summed E-state index contributed by atoms with van der Waals surface area (Å²) < 4.78 is 15.3. The second-order valence-corrected chi connectivity index (χ2v) is 4.46. The fourth-order valence-electron chi connectivity index (χ4n) is 1.88. The van der Waals surface area contributed by atoms with Crippen LogP contribution < -0.4 is 9.47 Å². The number of Topliss-reactive ketones (excluding diaryl/α,β-unsaturated/α-hetero) is 1. The van der Waals surface area contributed by atoms with Crippen LogP contribution in [0.2, 0.25) is 0 Å². The highest BCUT2D eigenvalue weighted by Gasteiger charge is 2.47. The number of esters is 2. The van der Waals surface area contributed by atoms with Crippen LogP contribution in [0.5, 0.6) is 11.5 Å². The summed E-state index contributed by atoms with van der Waals surface area (Å²) in [5.41, 5.74) is 0.218. The molecule has 1 heterocycles. The number of hydrogen-bond acceptors (Lipinski definition) is 6. The lowest BCUT2D eigenvalue weighted by Gasteiger charge is -2.20. The maximum absolute atomic E-state index is 12.2. The molecule has 0 fully saturated rings. The minimum Gasteiger partial charge on any atom is -0.445 e. The van der Waals surface area contributed by atoms with Crippen LogP contribution in [0.15, 0.2) is 18.2 Å². The van der Waals surface area contributed by atoms with Crippen molar-refractivity contribution < 1.29 is 28.6 Å². The normalized spacial score (nSPS) is 20.1. The Morgan fingerprint density at radius 1 is 1.35 bits per heavy atom. The van der Waals surface area contributed by atoms with Crippen molar-refractivity contribution in [3.63, 3.8) is 0 Å². The van der Waals surface area contributed by atoms with E-state index in [9.17, 15) is 14.4 Å². The van der Waals surface area contributed by atoms with Gasteiger partial charge >= 0.3 is 17.7 Å². The van der Waals surface area contributed by atoms with Crippen molar-refractivity contribution in [3.8, 4) is 11.5 Å². The summed E-state index contributed by atoms with van der Waals surface area (Å²) in [4.78, 5) is 34.5. The quantitative estimate of drug-likeness (QED) is 0.620. The van der Waals surface area contributed by atoms with E-state index in [1.807, 2.05) is 0 Å². The molecule has 6 heteroatoms. The molecule has 0 radical (unpaired) electrons. The first-order valence-electron chi connectivity index (χ1n) is 6.14. The molecule has 2 rings (SSSR count). The molecular formula is C14H14O6. The maximum atomic E-state index is 12.2. The first kappa shape index (κ1) is 14.0. The molecule has 1 aliphatic rings. The summed E-state index contributed by atoms with van der Waals surface area (Å²) in [7, 11) is 0. The number of benzene rings is 1. The summed E-state index contributed by atoms with van der Waals surface area (Å²) in [5.74, 6) is -2.64. The van der Waals surface area contributed by atoms with Crippen molar-refractivity contribution >= 4 is 17.7 Å². The highest BCUT2D eigenvalue weighted by Crippen LogP contribution is 2.37. The Morgan fingerprint density at radius 3 is 2.65 bits per heavy atom. The first-order chi connectivity index (χ1) is 9.35. The molecule has 0 saturated heterocycles. The number of carbonyl (C=O) groups excluding carboxylic acids is 3. The fraction of sp³-hybridized carbons (Fsp3) is 0.357. The predicted molar refractivity (Wildman–Crippen MR) is 67.5 cm³/mol. The molecule has 0 spiro atoms. The second-order valence-electron chi connectivity index (χ2n) is 4.46. The van der Waals surface area contributed by atoms with Gasteiger partial charge < -0.3 is 14.2 Å². The van der Waals surface area contributed by atoms with E-state index >= 15 is 0 Å².